The molecule has 1 N–H and O–H groups in total. The highest BCUT2D eigenvalue weighted by Gasteiger charge is 2.71. The molecule has 4 aliphatic rings. The molecule has 3 fully saturated rings. The van der Waals surface area contributed by atoms with Gasteiger partial charge in [0.05, 0.1) is 12.7 Å². The number of fused-ring (bicyclic) bond motifs is 5. The molecule has 0 aliphatic heterocycles. The van der Waals surface area contributed by atoms with Crippen LogP contribution < -0.4 is 0 Å². The van der Waals surface area contributed by atoms with Gasteiger partial charge in [-0.15, -0.1) is 0 Å². The number of alkyl halides is 1. The van der Waals surface area contributed by atoms with Crippen molar-refractivity contribution < 1.29 is 42.9 Å². The van der Waals surface area contributed by atoms with E-state index in [0.717, 1.165) is 12.8 Å². The smallest absolute Gasteiger partial charge is 0.457 e. The molecule has 0 aromatic rings. The van der Waals surface area contributed by atoms with Gasteiger partial charge >= 0.3 is 12.1 Å². The molecule has 0 aromatic heterocycles. The maximum atomic E-state index is 15.7. The predicted octanol–water partition coefficient (Wildman–Crippen LogP) is 5.21. The lowest BCUT2D eigenvalue weighted by molar-refractivity contribution is -0.187. The van der Waals surface area contributed by atoms with E-state index >= 15 is 4.39 Å². The number of hydrogen-bond acceptors (Lipinski definition) is 8. The third-order valence-corrected chi connectivity index (χ3v) is 10.1. The first-order valence-corrected chi connectivity index (χ1v) is 14.8. The average Bonchev–Trinajstić information content (AvgIpc) is 3.19. The third kappa shape index (κ3) is 5.14. The van der Waals surface area contributed by atoms with E-state index in [2.05, 4.69) is 0 Å². The molecule has 9 heteroatoms. The number of esters is 1. The van der Waals surface area contributed by atoms with Gasteiger partial charge in [-0.25, -0.2) is 9.18 Å². The zero-order valence-corrected chi connectivity index (χ0v) is 24.1. The number of halogens is 1. The van der Waals surface area contributed by atoms with E-state index in [1.807, 2.05) is 27.7 Å². The fraction of sp³-hybridized carbons (Fsp3) is 0.742. The molecule has 1 unspecified atom stereocenters. The zero-order valence-electron chi connectivity index (χ0n) is 24.1. The Balaban J connectivity index is 1.66. The molecule has 0 radical (unpaired) electrons. The molecule has 40 heavy (non-hydrogen) atoms. The van der Waals surface area contributed by atoms with Crippen molar-refractivity contribution in [3.05, 3.63) is 23.8 Å². The summed E-state index contributed by atoms with van der Waals surface area (Å²) in [7, 11) is 0. The van der Waals surface area contributed by atoms with E-state index in [1.165, 1.54) is 12.2 Å². The van der Waals surface area contributed by atoms with Crippen molar-refractivity contribution in [1.82, 2.24) is 0 Å². The Hall–Kier alpha value is -2.55. The van der Waals surface area contributed by atoms with E-state index in [0.29, 0.717) is 24.8 Å². The summed E-state index contributed by atoms with van der Waals surface area (Å²) in [5, 5.41) is 11.7. The molecule has 3 saturated carbocycles. The first kappa shape index (κ1) is 30.4. The summed E-state index contributed by atoms with van der Waals surface area (Å²) in [4.78, 5) is 51.1. The summed E-state index contributed by atoms with van der Waals surface area (Å²) in [5.74, 6) is -2.28. The number of aliphatic hydroxyl groups excluding tert-OH is 1. The number of hydrogen-bond donors (Lipinski definition) is 1. The predicted molar refractivity (Wildman–Crippen MR) is 144 cm³/mol. The summed E-state index contributed by atoms with van der Waals surface area (Å²) in [6.45, 7) is 7.17. The van der Waals surface area contributed by atoms with Crippen molar-refractivity contribution in [2.24, 2.45) is 28.6 Å². The molecule has 4 aliphatic carbocycles. The van der Waals surface area contributed by atoms with Gasteiger partial charge in [-0.2, -0.15) is 0 Å². The van der Waals surface area contributed by atoms with Gasteiger partial charge in [0, 0.05) is 23.2 Å². The van der Waals surface area contributed by atoms with E-state index in [1.54, 1.807) is 6.08 Å². The summed E-state index contributed by atoms with van der Waals surface area (Å²) < 4.78 is 32.2. The molecule has 222 valence electrons. The molecule has 0 amide bonds. The maximum absolute atomic E-state index is 15.7. The number of allylic oxidation sites excluding steroid dienone is 4. The van der Waals surface area contributed by atoms with E-state index in [9.17, 15) is 24.3 Å². The molecular weight excluding hydrogens is 519 g/mol. The lowest BCUT2D eigenvalue weighted by atomic mass is 9.46. The van der Waals surface area contributed by atoms with Crippen LogP contribution in [0.4, 0.5) is 9.18 Å². The van der Waals surface area contributed by atoms with Gasteiger partial charge in [-0.3, -0.25) is 14.4 Å². The van der Waals surface area contributed by atoms with Crippen molar-refractivity contribution in [3.63, 3.8) is 0 Å². The lowest BCUT2D eigenvalue weighted by Crippen LogP contribution is -2.64. The summed E-state index contributed by atoms with van der Waals surface area (Å²) in [6.07, 6.45) is 5.09. The zero-order chi connectivity index (χ0) is 29.3. The van der Waals surface area contributed by atoms with Crippen LogP contribution in [-0.4, -0.2) is 59.9 Å². The monoisotopic (exact) mass is 562 g/mol. The summed E-state index contributed by atoms with van der Waals surface area (Å²) >= 11 is 0. The number of ketones is 2. The van der Waals surface area contributed by atoms with Crippen LogP contribution in [0.5, 0.6) is 0 Å². The second kappa shape index (κ2) is 11.7. The van der Waals surface area contributed by atoms with Gasteiger partial charge in [0.2, 0.25) is 5.78 Å². The topological polar surface area (TPSA) is 116 Å². The quantitative estimate of drug-likeness (QED) is 0.285. The highest BCUT2D eigenvalue weighted by molar-refractivity contribution is 6.01. The molecule has 0 heterocycles. The Labute approximate surface area is 235 Å². The van der Waals surface area contributed by atoms with Gasteiger partial charge in [0.15, 0.2) is 18.0 Å². The largest absolute Gasteiger partial charge is 0.509 e. The van der Waals surface area contributed by atoms with Crippen LogP contribution in [-0.2, 0) is 28.6 Å². The first-order valence-electron chi connectivity index (χ1n) is 14.8. The molecule has 4 rings (SSSR count). The van der Waals surface area contributed by atoms with Crippen LogP contribution in [0.15, 0.2) is 23.8 Å². The molecule has 0 saturated heterocycles. The molecule has 8 atom stereocenters. The van der Waals surface area contributed by atoms with Crippen LogP contribution in [0.1, 0.15) is 85.5 Å². The lowest BCUT2D eigenvalue weighted by Gasteiger charge is -2.60. The number of ether oxygens (including phenoxy) is 3. The minimum absolute atomic E-state index is 0.0990. The second-order valence-corrected chi connectivity index (χ2v) is 12.4. The standard InChI is InChI=1S/C31H43FO8/c1-5-7-9-26(36)39-18-25(35)31(40-28(37)38-14-8-6-2)13-11-21-20-16-23(32)22-15-19(33)10-12-29(22,3)27(20)24(34)17-30(21,31)4/h10,12,15,20-21,23-24,27,34H,5-9,11,13-14,16-18H2,1-4H3/t20-,21-,23-,24?,27+,29-,30-,31-/m0/s1. The summed E-state index contributed by atoms with van der Waals surface area (Å²) in [6, 6.07) is 0. The Morgan fingerprint density at radius 2 is 1.85 bits per heavy atom. The Bertz CT molecular complexity index is 1080. The van der Waals surface area contributed by atoms with E-state index in [4.69, 9.17) is 14.2 Å². The SMILES string of the molecule is CCCCOC(=O)O[C@]1(C(=O)COC(=O)CCCC)CC[C@H]2[C@@H]3C[C@H](F)C4=CC(=O)C=C[C@]4(C)[C@H]3C(O)C[C@@]21C. The average molecular weight is 563 g/mol. The van der Waals surface area contributed by atoms with Gasteiger partial charge < -0.3 is 19.3 Å². The maximum Gasteiger partial charge on any atom is 0.509 e. The van der Waals surface area contributed by atoms with E-state index < -0.39 is 53.2 Å². The minimum Gasteiger partial charge on any atom is -0.457 e. The number of carbonyl (C=O) groups is 4. The Kier molecular flexibility index (Phi) is 8.93. The van der Waals surface area contributed by atoms with Gasteiger partial charge in [0.25, 0.3) is 0 Å². The number of carbonyl (C=O) groups excluding carboxylic acids is 4. The highest BCUT2D eigenvalue weighted by atomic mass is 19.1. The number of unbranched alkanes of at least 4 members (excludes halogenated alkanes) is 2. The van der Waals surface area contributed by atoms with Gasteiger partial charge in [-0.1, -0.05) is 46.6 Å². The summed E-state index contributed by atoms with van der Waals surface area (Å²) in [5.41, 5.74) is -3.20. The van der Waals surface area contributed by atoms with Crippen molar-refractivity contribution >= 4 is 23.7 Å². The van der Waals surface area contributed by atoms with Crippen LogP contribution in [0.25, 0.3) is 0 Å². The molecule has 0 bridgehead atoms. The van der Waals surface area contributed by atoms with Gasteiger partial charge in [-0.05, 0) is 68.1 Å². The second-order valence-electron chi connectivity index (χ2n) is 12.4. The number of Topliss-reactive ketones (excluding diaryl/α,β-unsaturated/α-hetero) is 1. The molecule has 0 aromatic carbocycles. The van der Waals surface area contributed by atoms with Crippen LogP contribution >= 0.6 is 0 Å². The van der Waals surface area contributed by atoms with Crippen LogP contribution in [0, 0.1) is 28.6 Å². The molecule has 0 spiro atoms. The van der Waals surface area contributed by atoms with E-state index in [-0.39, 0.29) is 55.8 Å². The number of aliphatic hydroxyl groups is 1. The molecular formula is C31H43FO8. The Morgan fingerprint density at radius 1 is 1.12 bits per heavy atom. The first-order chi connectivity index (χ1) is 18.9. The van der Waals surface area contributed by atoms with Crippen molar-refractivity contribution in [2.45, 2.75) is 103 Å². The normalized spacial score (nSPS) is 38.0. The number of rotatable bonds is 10. The van der Waals surface area contributed by atoms with Crippen molar-refractivity contribution in [3.8, 4) is 0 Å². The minimum atomic E-state index is -1.70. The van der Waals surface area contributed by atoms with Crippen molar-refractivity contribution in [1.29, 1.82) is 0 Å². The fourth-order valence-corrected chi connectivity index (χ4v) is 8.13. The fourth-order valence-electron chi connectivity index (χ4n) is 8.13. The Morgan fingerprint density at radius 3 is 2.55 bits per heavy atom. The highest BCUT2D eigenvalue weighted by Crippen LogP contribution is 2.68. The van der Waals surface area contributed by atoms with Crippen LogP contribution in [0.3, 0.4) is 0 Å². The van der Waals surface area contributed by atoms with Crippen LogP contribution in [0.2, 0.25) is 0 Å². The van der Waals surface area contributed by atoms with Crippen molar-refractivity contribution in [2.75, 3.05) is 13.2 Å². The van der Waals surface area contributed by atoms with Gasteiger partial charge in [0.1, 0.15) is 6.17 Å². The molecule has 8 nitrogen and oxygen atoms in total. The third-order valence-electron chi connectivity index (χ3n) is 10.1.